The van der Waals surface area contributed by atoms with Crippen LogP contribution in [0.3, 0.4) is 0 Å². The van der Waals surface area contributed by atoms with Crippen molar-refractivity contribution in [3.63, 3.8) is 0 Å². The SMILES string of the molecule is C[Si](C)(C)N(N=C1CC(=O)CC(=NN(c2ccccc2)[Si](C)(C)C)C1)c1ccccc1. The molecule has 1 saturated carbocycles. The monoisotopic (exact) mass is 450 g/mol. The Morgan fingerprint density at radius 1 is 0.613 bits per heavy atom. The van der Waals surface area contributed by atoms with Crippen molar-refractivity contribution >= 4 is 45.1 Å². The molecular weight excluding hydrogens is 416 g/mol. The number of carbonyl (C=O) groups excluding carboxylic acids is 1. The number of para-hydroxylation sites is 2. The number of hydrogen-bond acceptors (Lipinski definition) is 5. The molecule has 1 aliphatic rings. The predicted molar refractivity (Wildman–Crippen MR) is 138 cm³/mol. The third-order valence-corrected chi connectivity index (χ3v) is 8.22. The predicted octanol–water partition coefficient (Wildman–Crippen LogP) is 6.13. The molecule has 0 unspecified atom stereocenters. The lowest BCUT2D eigenvalue weighted by molar-refractivity contribution is -0.117. The van der Waals surface area contributed by atoms with Crippen LogP contribution in [0.2, 0.25) is 39.3 Å². The number of nitrogens with zero attached hydrogens (tertiary/aromatic N) is 4. The molecule has 0 heterocycles. The van der Waals surface area contributed by atoms with E-state index in [1.165, 1.54) is 0 Å². The number of anilines is 2. The maximum atomic E-state index is 12.6. The summed E-state index contributed by atoms with van der Waals surface area (Å²) in [6.07, 6.45) is 1.46. The summed E-state index contributed by atoms with van der Waals surface area (Å²) in [5, 5.41) is 10.0. The van der Waals surface area contributed by atoms with Crippen molar-refractivity contribution in [3.8, 4) is 0 Å². The van der Waals surface area contributed by atoms with Gasteiger partial charge in [0.1, 0.15) is 5.78 Å². The molecule has 0 amide bonds. The standard InChI is InChI=1S/C24H34N4OSi2/c1-30(2,3)27(22-13-9-7-10-14-22)25-20-17-21(19-24(29)18-20)26-28(31(4,5)6)23-15-11-8-12-16-23/h7-16H,17-19H2,1-6H3. The van der Waals surface area contributed by atoms with E-state index < -0.39 is 16.5 Å². The Morgan fingerprint density at radius 3 is 1.29 bits per heavy atom. The van der Waals surface area contributed by atoms with Crippen molar-refractivity contribution in [2.45, 2.75) is 58.5 Å². The second-order valence-corrected chi connectivity index (χ2v) is 19.6. The van der Waals surface area contributed by atoms with Gasteiger partial charge in [0.2, 0.25) is 0 Å². The Morgan fingerprint density at radius 2 is 0.968 bits per heavy atom. The highest BCUT2D eigenvalue weighted by Gasteiger charge is 2.30. The van der Waals surface area contributed by atoms with Crippen molar-refractivity contribution in [1.29, 1.82) is 0 Å². The van der Waals surface area contributed by atoms with Crippen molar-refractivity contribution in [2.24, 2.45) is 10.2 Å². The lowest BCUT2D eigenvalue weighted by Crippen LogP contribution is -2.45. The van der Waals surface area contributed by atoms with Crippen LogP contribution < -0.4 is 9.35 Å². The van der Waals surface area contributed by atoms with Gasteiger partial charge in [0.25, 0.3) is 0 Å². The van der Waals surface area contributed by atoms with Gasteiger partial charge in [0, 0.05) is 30.6 Å². The molecule has 0 N–H and O–H groups in total. The number of hydrogen-bond donors (Lipinski definition) is 0. The molecule has 3 rings (SSSR count). The summed E-state index contributed by atoms with van der Waals surface area (Å²) in [7, 11) is -3.56. The lowest BCUT2D eigenvalue weighted by Gasteiger charge is -2.34. The molecule has 164 valence electrons. The minimum Gasteiger partial charge on any atom is -0.299 e. The maximum Gasteiger partial charge on any atom is 0.176 e. The van der Waals surface area contributed by atoms with Gasteiger partial charge < -0.3 is 0 Å². The van der Waals surface area contributed by atoms with Crippen LogP contribution in [-0.2, 0) is 4.79 Å². The number of rotatable bonds is 6. The molecule has 0 radical (unpaired) electrons. The first-order valence-corrected chi connectivity index (χ1v) is 17.8. The molecular formula is C24H34N4OSi2. The highest BCUT2D eigenvalue weighted by Crippen LogP contribution is 2.26. The molecule has 0 bridgehead atoms. The Labute approximate surface area is 188 Å². The van der Waals surface area contributed by atoms with Crippen LogP contribution in [0.5, 0.6) is 0 Å². The highest BCUT2D eigenvalue weighted by atomic mass is 28.3. The molecule has 1 aliphatic carbocycles. The van der Waals surface area contributed by atoms with Crippen LogP contribution in [0.4, 0.5) is 11.4 Å². The van der Waals surface area contributed by atoms with E-state index in [0.29, 0.717) is 19.3 Å². The van der Waals surface area contributed by atoms with Crippen LogP contribution in [0, 0.1) is 0 Å². The first-order chi connectivity index (χ1) is 14.5. The van der Waals surface area contributed by atoms with E-state index in [9.17, 15) is 4.79 Å². The largest absolute Gasteiger partial charge is 0.299 e. The van der Waals surface area contributed by atoms with E-state index in [0.717, 1.165) is 22.8 Å². The Balaban J connectivity index is 1.95. The molecule has 0 aliphatic heterocycles. The average molecular weight is 451 g/mol. The molecule has 0 spiro atoms. The average Bonchev–Trinajstić information content (AvgIpc) is 2.69. The van der Waals surface area contributed by atoms with Gasteiger partial charge in [0.15, 0.2) is 16.5 Å². The smallest absolute Gasteiger partial charge is 0.176 e. The number of benzene rings is 2. The fraction of sp³-hybridized carbons (Fsp3) is 0.375. The van der Waals surface area contributed by atoms with E-state index in [1.807, 2.05) is 36.4 Å². The maximum absolute atomic E-state index is 12.6. The second-order valence-electron chi connectivity index (χ2n) is 10.0. The Bertz CT molecular complexity index is 883. The van der Waals surface area contributed by atoms with Crippen molar-refractivity contribution in [1.82, 2.24) is 0 Å². The van der Waals surface area contributed by atoms with E-state index >= 15 is 0 Å². The quantitative estimate of drug-likeness (QED) is 0.392. The Kier molecular flexibility index (Phi) is 6.96. The molecule has 2 aromatic carbocycles. The third kappa shape index (κ3) is 6.24. The molecule has 5 nitrogen and oxygen atoms in total. The fourth-order valence-electron chi connectivity index (χ4n) is 3.63. The van der Waals surface area contributed by atoms with Gasteiger partial charge >= 0.3 is 0 Å². The number of ketones is 1. The highest BCUT2D eigenvalue weighted by molar-refractivity contribution is 6.80. The summed E-state index contributed by atoms with van der Waals surface area (Å²) in [4.78, 5) is 12.6. The minimum absolute atomic E-state index is 0.191. The summed E-state index contributed by atoms with van der Waals surface area (Å²) in [6, 6.07) is 20.5. The third-order valence-electron chi connectivity index (χ3n) is 4.97. The summed E-state index contributed by atoms with van der Waals surface area (Å²) in [5.74, 6) is 0.191. The Hall–Kier alpha value is -2.52. The summed E-state index contributed by atoms with van der Waals surface area (Å²) < 4.78 is 4.32. The number of carbonyl (C=O) groups is 1. The van der Waals surface area contributed by atoms with Gasteiger partial charge in [-0.15, -0.1) is 0 Å². The van der Waals surface area contributed by atoms with Gasteiger partial charge in [-0.25, -0.2) is 0 Å². The first-order valence-electron chi connectivity index (χ1n) is 10.9. The molecule has 1 fully saturated rings. The number of hydrazone groups is 2. The van der Waals surface area contributed by atoms with E-state index in [2.05, 4.69) is 72.9 Å². The van der Waals surface area contributed by atoms with Crippen LogP contribution in [-0.4, -0.2) is 33.7 Å². The van der Waals surface area contributed by atoms with Gasteiger partial charge in [-0.1, -0.05) is 36.4 Å². The number of Topliss-reactive ketones (excluding diaryl/α,β-unsaturated/α-hetero) is 1. The van der Waals surface area contributed by atoms with Crippen molar-refractivity contribution < 1.29 is 4.79 Å². The van der Waals surface area contributed by atoms with Crippen molar-refractivity contribution in [3.05, 3.63) is 60.7 Å². The van der Waals surface area contributed by atoms with Crippen LogP contribution in [0.15, 0.2) is 70.9 Å². The zero-order chi connectivity index (χ0) is 22.6. The molecule has 0 aromatic heterocycles. The fourth-order valence-corrected chi connectivity index (χ4v) is 6.36. The normalized spacial score (nSPS) is 17.8. The topological polar surface area (TPSA) is 48.3 Å². The lowest BCUT2D eigenvalue weighted by atomic mass is 9.95. The molecule has 7 heteroatoms. The summed E-state index contributed by atoms with van der Waals surface area (Å²) >= 11 is 0. The second kappa shape index (κ2) is 9.32. The zero-order valence-electron chi connectivity index (χ0n) is 19.6. The van der Waals surface area contributed by atoms with Crippen molar-refractivity contribution in [2.75, 3.05) is 9.35 Å². The molecule has 0 atom stereocenters. The molecule has 0 saturated heterocycles. The van der Waals surface area contributed by atoms with Gasteiger partial charge in [-0.2, -0.15) is 10.2 Å². The van der Waals surface area contributed by atoms with Gasteiger partial charge in [0.05, 0.1) is 11.4 Å². The van der Waals surface area contributed by atoms with E-state index in [-0.39, 0.29) is 5.78 Å². The van der Waals surface area contributed by atoms with Crippen LogP contribution in [0.25, 0.3) is 0 Å². The van der Waals surface area contributed by atoms with Crippen LogP contribution >= 0.6 is 0 Å². The van der Waals surface area contributed by atoms with E-state index in [1.54, 1.807) is 0 Å². The van der Waals surface area contributed by atoms with E-state index in [4.69, 9.17) is 10.2 Å². The summed E-state index contributed by atoms with van der Waals surface area (Å²) in [5.41, 5.74) is 3.98. The molecule has 31 heavy (non-hydrogen) atoms. The first kappa shape index (κ1) is 23.2. The zero-order valence-corrected chi connectivity index (χ0v) is 21.6. The summed E-state index contributed by atoms with van der Waals surface area (Å²) in [6.45, 7) is 13.6. The van der Waals surface area contributed by atoms with Gasteiger partial charge in [-0.05, 0) is 63.5 Å². The van der Waals surface area contributed by atoms with Crippen LogP contribution in [0.1, 0.15) is 19.3 Å². The van der Waals surface area contributed by atoms with Gasteiger partial charge in [-0.3, -0.25) is 14.1 Å². The minimum atomic E-state index is -1.78. The molecule has 2 aromatic rings.